The third-order valence-electron chi connectivity index (χ3n) is 4.62. The molecule has 0 unspecified atom stereocenters. The Morgan fingerprint density at radius 3 is 2.62 bits per heavy atom. The van der Waals surface area contributed by atoms with E-state index in [9.17, 15) is 4.79 Å². The van der Waals surface area contributed by atoms with Crippen LogP contribution in [-0.2, 0) is 4.79 Å². The van der Waals surface area contributed by atoms with Crippen LogP contribution in [0.4, 0.5) is 5.69 Å². The molecule has 0 fully saturated rings. The summed E-state index contributed by atoms with van der Waals surface area (Å²) in [5.74, 6) is 0.375. The molecule has 0 bridgehead atoms. The first-order valence-electron chi connectivity index (χ1n) is 9.20. The number of rotatable bonds is 6. The number of amidine groups is 1. The van der Waals surface area contributed by atoms with Crippen LogP contribution in [0.1, 0.15) is 16.7 Å². The number of likely N-dealkylation sites (N-methyl/N-ethyl adjacent to an activating group) is 2. The Hall–Kier alpha value is -3.69. The molecule has 0 atom stereocenters. The summed E-state index contributed by atoms with van der Waals surface area (Å²) in [7, 11) is 3.60. The van der Waals surface area contributed by atoms with Crippen molar-refractivity contribution >= 4 is 29.6 Å². The zero-order chi connectivity index (χ0) is 20.8. The van der Waals surface area contributed by atoms with Crippen LogP contribution in [0.5, 0.6) is 0 Å². The Balaban J connectivity index is 1.79. The number of nitrogens with zero attached hydrogens (tertiary/aromatic N) is 4. The molecule has 0 saturated carbocycles. The summed E-state index contributed by atoms with van der Waals surface area (Å²) in [6.45, 7) is 0.649. The standard InChI is InChI=1S/C23H22N4O2/c1-26(12-13-28)20-9-6-18(7-10-20)15-21-23(29)27(2)22(25-21)11-8-17-4-3-5-19(14-17)16-24/h3-11,14-15,28H,12-13H2,1-2H3/b11-8+,21-15+. The van der Waals surface area contributed by atoms with Gasteiger partial charge in [0.2, 0.25) is 0 Å². The average Bonchev–Trinajstić information content (AvgIpc) is 3.01. The molecular formula is C23H22N4O2. The summed E-state index contributed by atoms with van der Waals surface area (Å²) in [4.78, 5) is 20.4. The van der Waals surface area contributed by atoms with Gasteiger partial charge in [-0.1, -0.05) is 30.3 Å². The summed E-state index contributed by atoms with van der Waals surface area (Å²) in [6, 6.07) is 17.1. The summed E-state index contributed by atoms with van der Waals surface area (Å²) < 4.78 is 0. The van der Waals surface area contributed by atoms with E-state index in [-0.39, 0.29) is 12.5 Å². The number of benzene rings is 2. The summed E-state index contributed by atoms with van der Waals surface area (Å²) in [5, 5.41) is 18.0. The number of hydrogen-bond donors (Lipinski definition) is 1. The predicted octanol–water partition coefficient (Wildman–Crippen LogP) is 2.91. The molecule has 1 N–H and O–H groups in total. The van der Waals surface area contributed by atoms with Gasteiger partial charge in [-0.2, -0.15) is 5.26 Å². The van der Waals surface area contributed by atoms with Gasteiger partial charge in [-0.15, -0.1) is 0 Å². The third kappa shape index (κ3) is 4.78. The minimum Gasteiger partial charge on any atom is -0.395 e. The van der Waals surface area contributed by atoms with Gasteiger partial charge in [-0.05, 0) is 47.5 Å². The smallest absolute Gasteiger partial charge is 0.277 e. The van der Waals surface area contributed by atoms with Crippen molar-refractivity contribution in [3.05, 3.63) is 77.0 Å². The van der Waals surface area contributed by atoms with Gasteiger partial charge in [0.05, 0.1) is 18.2 Å². The lowest BCUT2D eigenvalue weighted by Crippen LogP contribution is -2.26. The average molecular weight is 386 g/mol. The molecule has 0 aliphatic carbocycles. The van der Waals surface area contributed by atoms with Crippen molar-refractivity contribution in [3.8, 4) is 6.07 Å². The van der Waals surface area contributed by atoms with Crippen molar-refractivity contribution in [2.24, 2.45) is 4.99 Å². The fourth-order valence-corrected chi connectivity index (χ4v) is 2.91. The number of nitriles is 1. The zero-order valence-electron chi connectivity index (χ0n) is 16.4. The maximum atomic E-state index is 12.5. The van der Waals surface area contributed by atoms with Crippen molar-refractivity contribution in [1.29, 1.82) is 5.26 Å². The molecule has 1 heterocycles. The number of aliphatic hydroxyl groups excluding tert-OH is 1. The molecule has 0 spiro atoms. The van der Waals surface area contributed by atoms with Crippen molar-refractivity contribution in [2.75, 3.05) is 32.1 Å². The van der Waals surface area contributed by atoms with Crippen LogP contribution in [0.2, 0.25) is 0 Å². The lowest BCUT2D eigenvalue weighted by atomic mass is 10.1. The fourth-order valence-electron chi connectivity index (χ4n) is 2.91. The summed E-state index contributed by atoms with van der Waals surface area (Å²) in [6.07, 6.45) is 5.35. The first-order chi connectivity index (χ1) is 14.0. The van der Waals surface area contributed by atoms with E-state index in [1.807, 2.05) is 54.4 Å². The molecule has 0 saturated heterocycles. The molecule has 0 radical (unpaired) electrons. The van der Waals surface area contributed by atoms with Gasteiger partial charge < -0.3 is 10.0 Å². The van der Waals surface area contributed by atoms with E-state index in [4.69, 9.17) is 10.4 Å². The largest absolute Gasteiger partial charge is 0.395 e. The minimum absolute atomic E-state index is 0.0922. The topological polar surface area (TPSA) is 79.9 Å². The highest BCUT2D eigenvalue weighted by molar-refractivity contribution is 6.18. The molecule has 146 valence electrons. The van der Waals surface area contributed by atoms with Gasteiger partial charge in [-0.3, -0.25) is 9.69 Å². The lowest BCUT2D eigenvalue weighted by Gasteiger charge is -2.17. The van der Waals surface area contributed by atoms with E-state index >= 15 is 0 Å². The molecule has 2 aromatic carbocycles. The molecule has 2 aromatic rings. The number of carbonyl (C=O) groups excluding carboxylic acids is 1. The summed E-state index contributed by atoms with van der Waals surface area (Å²) >= 11 is 0. The van der Waals surface area contributed by atoms with Crippen LogP contribution in [0.15, 0.2) is 65.3 Å². The SMILES string of the molecule is CN1C(=O)/C(=C\c2ccc(N(C)CCO)cc2)N=C1/C=C/c1cccc(C#N)c1. The quantitative estimate of drug-likeness (QED) is 0.774. The molecular weight excluding hydrogens is 364 g/mol. The number of amides is 1. The van der Waals surface area contributed by atoms with E-state index in [1.165, 1.54) is 4.90 Å². The molecule has 1 aliphatic rings. The number of aliphatic hydroxyl groups is 1. The van der Waals surface area contributed by atoms with E-state index in [0.29, 0.717) is 23.6 Å². The van der Waals surface area contributed by atoms with Gasteiger partial charge in [0, 0.05) is 26.3 Å². The number of anilines is 1. The zero-order valence-corrected chi connectivity index (χ0v) is 16.4. The molecule has 1 aliphatic heterocycles. The van der Waals surface area contributed by atoms with Crippen LogP contribution in [-0.4, -0.2) is 49.0 Å². The minimum atomic E-state index is -0.170. The fraction of sp³-hybridized carbons (Fsp3) is 0.174. The van der Waals surface area contributed by atoms with Crippen LogP contribution in [0.3, 0.4) is 0 Å². The van der Waals surface area contributed by atoms with E-state index in [0.717, 1.165) is 16.8 Å². The predicted molar refractivity (Wildman–Crippen MR) is 115 cm³/mol. The monoisotopic (exact) mass is 386 g/mol. The van der Waals surface area contributed by atoms with Crippen LogP contribution in [0, 0.1) is 11.3 Å². The highest BCUT2D eigenvalue weighted by Gasteiger charge is 2.25. The second-order valence-corrected chi connectivity index (χ2v) is 6.67. The second kappa shape index (κ2) is 9.00. The van der Waals surface area contributed by atoms with Crippen LogP contribution in [0.25, 0.3) is 12.2 Å². The van der Waals surface area contributed by atoms with E-state index < -0.39 is 0 Å². The van der Waals surface area contributed by atoms with Crippen LogP contribution >= 0.6 is 0 Å². The Kier molecular flexibility index (Phi) is 6.22. The maximum Gasteiger partial charge on any atom is 0.277 e. The highest BCUT2D eigenvalue weighted by atomic mass is 16.3. The lowest BCUT2D eigenvalue weighted by molar-refractivity contribution is -0.121. The van der Waals surface area contributed by atoms with Crippen molar-refractivity contribution in [1.82, 2.24) is 4.90 Å². The van der Waals surface area contributed by atoms with Crippen molar-refractivity contribution < 1.29 is 9.90 Å². The number of aliphatic imine (C=N–C) groups is 1. The molecule has 6 heteroatoms. The van der Waals surface area contributed by atoms with Gasteiger partial charge in [0.25, 0.3) is 5.91 Å². The highest BCUT2D eigenvalue weighted by Crippen LogP contribution is 2.20. The molecule has 1 amide bonds. The van der Waals surface area contributed by atoms with Crippen molar-refractivity contribution in [2.45, 2.75) is 0 Å². The molecule has 29 heavy (non-hydrogen) atoms. The number of hydrogen-bond acceptors (Lipinski definition) is 5. The number of carbonyl (C=O) groups is 1. The molecule has 6 nitrogen and oxygen atoms in total. The molecule has 3 rings (SSSR count). The Morgan fingerprint density at radius 2 is 1.93 bits per heavy atom. The van der Waals surface area contributed by atoms with Gasteiger partial charge >= 0.3 is 0 Å². The van der Waals surface area contributed by atoms with E-state index in [1.54, 1.807) is 31.3 Å². The Morgan fingerprint density at radius 1 is 1.17 bits per heavy atom. The van der Waals surface area contributed by atoms with Gasteiger partial charge in [0.15, 0.2) is 0 Å². The van der Waals surface area contributed by atoms with Crippen molar-refractivity contribution in [3.63, 3.8) is 0 Å². The van der Waals surface area contributed by atoms with Gasteiger partial charge in [0.1, 0.15) is 11.5 Å². The first kappa shape index (κ1) is 20.1. The normalized spacial score (nSPS) is 15.1. The first-order valence-corrected chi connectivity index (χ1v) is 9.20. The van der Waals surface area contributed by atoms with Gasteiger partial charge in [-0.25, -0.2) is 4.99 Å². The third-order valence-corrected chi connectivity index (χ3v) is 4.62. The summed E-state index contributed by atoms with van der Waals surface area (Å²) in [5.41, 5.74) is 3.68. The Bertz CT molecular complexity index is 1030. The van der Waals surface area contributed by atoms with E-state index in [2.05, 4.69) is 11.1 Å². The Labute approximate surface area is 170 Å². The maximum absolute atomic E-state index is 12.5. The second-order valence-electron chi connectivity index (χ2n) is 6.67. The van der Waals surface area contributed by atoms with Crippen LogP contribution < -0.4 is 4.90 Å². The molecule has 0 aromatic heterocycles.